The first-order chi connectivity index (χ1) is 12.0. The molecule has 0 bridgehead atoms. The van der Waals surface area contributed by atoms with E-state index in [4.69, 9.17) is 4.74 Å². The molecule has 1 saturated carbocycles. The Labute approximate surface area is 149 Å². The Morgan fingerprint density at radius 1 is 1.24 bits per heavy atom. The number of anilines is 1. The summed E-state index contributed by atoms with van der Waals surface area (Å²) in [5, 5.41) is -0.111. The summed E-state index contributed by atoms with van der Waals surface area (Å²) < 4.78 is 32.1. The molecule has 8 heteroatoms. The number of hydrogen-bond donors (Lipinski definition) is 0. The number of rotatable bonds is 5. The van der Waals surface area contributed by atoms with Crippen LogP contribution in [-0.2, 0) is 14.8 Å². The molecule has 0 aromatic carbocycles. The lowest BCUT2D eigenvalue weighted by atomic mass is 9.77. The highest BCUT2D eigenvalue weighted by atomic mass is 32.2. The van der Waals surface area contributed by atoms with Gasteiger partial charge in [-0.05, 0) is 43.6 Å². The van der Waals surface area contributed by atoms with Crippen LogP contribution in [0.15, 0.2) is 18.5 Å². The van der Waals surface area contributed by atoms with Crippen molar-refractivity contribution in [1.82, 2.24) is 14.3 Å². The predicted molar refractivity (Wildman–Crippen MR) is 94.8 cm³/mol. The molecule has 3 fully saturated rings. The quantitative estimate of drug-likeness (QED) is 0.781. The smallest absolute Gasteiger partial charge is 0.225 e. The van der Waals surface area contributed by atoms with E-state index in [0.717, 1.165) is 44.6 Å². The molecule has 1 unspecified atom stereocenters. The molecule has 25 heavy (non-hydrogen) atoms. The van der Waals surface area contributed by atoms with Crippen LogP contribution in [-0.4, -0.2) is 67.3 Å². The summed E-state index contributed by atoms with van der Waals surface area (Å²) in [7, 11) is -1.33. The van der Waals surface area contributed by atoms with Gasteiger partial charge in [-0.2, -0.15) is 0 Å². The standard InChI is InChI=1S/C17H26N4O3S/c1-24-12-14-11-17(13-21(14)16-18-7-2-8-19-16)5-9-20(10-6-17)25(22,23)15-3-4-15/h2,7-8,14-15H,3-6,9-13H2,1H3. The number of hydrogen-bond acceptors (Lipinski definition) is 6. The Balaban J connectivity index is 1.48. The van der Waals surface area contributed by atoms with Gasteiger partial charge in [0.05, 0.1) is 17.9 Å². The van der Waals surface area contributed by atoms with Gasteiger partial charge in [0.15, 0.2) is 0 Å². The van der Waals surface area contributed by atoms with Crippen molar-refractivity contribution < 1.29 is 13.2 Å². The van der Waals surface area contributed by atoms with Crippen LogP contribution < -0.4 is 4.90 Å². The van der Waals surface area contributed by atoms with E-state index in [2.05, 4.69) is 14.9 Å². The van der Waals surface area contributed by atoms with Crippen molar-refractivity contribution in [2.45, 2.75) is 43.4 Å². The minimum Gasteiger partial charge on any atom is -0.383 e. The van der Waals surface area contributed by atoms with Crippen LogP contribution in [0.25, 0.3) is 0 Å². The highest BCUT2D eigenvalue weighted by molar-refractivity contribution is 7.90. The van der Waals surface area contributed by atoms with E-state index in [1.807, 2.05) is 6.07 Å². The Bertz CT molecular complexity index is 700. The van der Waals surface area contributed by atoms with E-state index in [0.29, 0.717) is 19.7 Å². The molecular formula is C17H26N4O3S. The molecule has 1 atom stereocenters. The van der Waals surface area contributed by atoms with Gasteiger partial charge in [-0.1, -0.05) is 0 Å². The van der Waals surface area contributed by atoms with E-state index in [1.54, 1.807) is 23.8 Å². The van der Waals surface area contributed by atoms with Crippen molar-refractivity contribution >= 4 is 16.0 Å². The summed E-state index contributed by atoms with van der Waals surface area (Å²) in [6, 6.07) is 2.07. The number of sulfonamides is 1. The average molecular weight is 366 g/mol. The van der Waals surface area contributed by atoms with Crippen LogP contribution in [0.5, 0.6) is 0 Å². The van der Waals surface area contributed by atoms with Crippen molar-refractivity contribution in [2.24, 2.45) is 5.41 Å². The van der Waals surface area contributed by atoms with Gasteiger partial charge in [0.25, 0.3) is 0 Å². The maximum absolute atomic E-state index is 12.5. The third-order valence-corrected chi connectivity index (χ3v) is 8.27. The maximum atomic E-state index is 12.5. The van der Waals surface area contributed by atoms with Crippen LogP contribution in [0.4, 0.5) is 5.95 Å². The van der Waals surface area contributed by atoms with Crippen molar-refractivity contribution in [3.8, 4) is 0 Å². The molecule has 0 N–H and O–H groups in total. The van der Waals surface area contributed by atoms with E-state index in [-0.39, 0.29) is 16.7 Å². The third-order valence-electron chi connectivity index (χ3n) is 5.87. The zero-order valence-corrected chi connectivity index (χ0v) is 15.5. The lowest BCUT2D eigenvalue weighted by Crippen LogP contribution is -2.45. The topological polar surface area (TPSA) is 75.6 Å². The molecule has 3 aliphatic rings. The van der Waals surface area contributed by atoms with Crippen LogP contribution in [0.2, 0.25) is 0 Å². The van der Waals surface area contributed by atoms with Gasteiger partial charge in [0.1, 0.15) is 0 Å². The summed E-state index contributed by atoms with van der Waals surface area (Å²) in [5.41, 5.74) is 0.137. The van der Waals surface area contributed by atoms with Gasteiger partial charge in [-0.25, -0.2) is 22.7 Å². The van der Waals surface area contributed by atoms with Gasteiger partial charge >= 0.3 is 0 Å². The normalized spacial score (nSPS) is 27.1. The van der Waals surface area contributed by atoms with Gasteiger partial charge in [0.2, 0.25) is 16.0 Å². The molecule has 1 spiro atoms. The molecule has 2 saturated heterocycles. The second-order valence-electron chi connectivity index (χ2n) is 7.63. The first-order valence-electron chi connectivity index (χ1n) is 9.06. The monoisotopic (exact) mass is 366 g/mol. The van der Waals surface area contributed by atoms with Crippen LogP contribution in [0, 0.1) is 5.41 Å². The van der Waals surface area contributed by atoms with E-state index >= 15 is 0 Å². The largest absolute Gasteiger partial charge is 0.383 e. The molecule has 1 aliphatic carbocycles. The molecule has 1 aromatic rings. The minimum absolute atomic E-state index is 0.111. The number of aromatic nitrogens is 2. The van der Waals surface area contributed by atoms with Crippen molar-refractivity contribution in [2.75, 3.05) is 38.3 Å². The SMILES string of the molecule is COCC1CC2(CCN(S(=O)(=O)C3CC3)CC2)CN1c1ncccn1. The number of ether oxygens (including phenoxy) is 1. The molecule has 0 amide bonds. The highest BCUT2D eigenvalue weighted by Gasteiger charge is 2.49. The second kappa shape index (κ2) is 6.48. The molecule has 1 aromatic heterocycles. The lowest BCUT2D eigenvalue weighted by Gasteiger charge is -2.38. The second-order valence-corrected chi connectivity index (χ2v) is 9.85. The van der Waals surface area contributed by atoms with Crippen molar-refractivity contribution in [3.05, 3.63) is 18.5 Å². The fourth-order valence-electron chi connectivity index (χ4n) is 4.33. The summed E-state index contributed by atoms with van der Waals surface area (Å²) in [5.74, 6) is 0.745. The summed E-state index contributed by atoms with van der Waals surface area (Å²) in [6.45, 7) is 2.80. The zero-order chi connectivity index (χ0) is 17.5. The Hall–Kier alpha value is -1.25. The predicted octanol–water partition coefficient (Wildman–Crippen LogP) is 1.28. The minimum atomic E-state index is -3.05. The van der Waals surface area contributed by atoms with E-state index < -0.39 is 10.0 Å². The number of methoxy groups -OCH3 is 1. The van der Waals surface area contributed by atoms with Crippen molar-refractivity contribution in [1.29, 1.82) is 0 Å². The number of piperidine rings is 1. The maximum Gasteiger partial charge on any atom is 0.225 e. The highest BCUT2D eigenvalue weighted by Crippen LogP contribution is 2.45. The summed E-state index contributed by atoms with van der Waals surface area (Å²) in [4.78, 5) is 11.1. The molecule has 4 rings (SSSR count). The van der Waals surface area contributed by atoms with Gasteiger partial charge in [-0.3, -0.25) is 0 Å². The van der Waals surface area contributed by atoms with Crippen LogP contribution in [0.1, 0.15) is 32.1 Å². The summed E-state index contributed by atoms with van der Waals surface area (Å²) >= 11 is 0. The molecule has 7 nitrogen and oxygen atoms in total. The Kier molecular flexibility index (Phi) is 4.45. The van der Waals surface area contributed by atoms with Crippen LogP contribution in [0.3, 0.4) is 0 Å². The number of nitrogens with zero attached hydrogens (tertiary/aromatic N) is 4. The lowest BCUT2D eigenvalue weighted by molar-refractivity contribution is 0.148. The fraction of sp³-hybridized carbons (Fsp3) is 0.765. The zero-order valence-electron chi connectivity index (χ0n) is 14.7. The third kappa shape index (κ3) is 3.27. The van der Waals surface area contributed by atoms with Gasteiger partial charge in [0, 0.05) is 39.1 Å². The first kappa shape index (κ1) is 17.2. The molecule has 3 heterocycles. The molecule has 138 valence electrons. The van der Waals surface area contributed by atoms with Crippen LogP contribution >= 0.6 is 0 Å². The molecule has 2 aliphatic heterocycles. The average Bonchev–Trinajstić information content (AvgIpc) is 3.42. The van der Waals surface area contributed by atoms with Gasteiger partial charge in [-0.15, -0.1) is 0 Å². The molecular weight excluding hydrogens is 340 g/mol. The fourth-order valence-corrected chi connectivity index (χ4v) is 6.18. The van der Waals surface area contributed by atoms with E-state index in [1.165, 1.54) is 0 Å². The van der Waals surface area contributed by atoms with E-state index in [9.17, 15) is 8.42 Å². The molecule has 0 radical (unpaired) electrons. The Morgan fingerprint density at radius 3 is 2.52 bits per heavy atom. The van der Waals surface area contributed by atoms with Crippen molar-refractivity contribution in [3.63, 3.8) is 0 Å². The first-order valence-corrected chi connectivity index (χ1v) is 10.6. The van der Waals surface area contributed by atoms with Gasteiger partial charge < -0.3 is 9.64 Å². The summed E-state index contributed by atoms with van der Waals surface area (Å²) in [6.07, 6.45) is 8.02. The Morgan fingerprint density at radius 2 is 1.92 bits per heavy atom.